The lowest BCUT2D eigenvalue weighted by Gasteiger charge is -2.39. The van der Waals surface area contributed by atoms with Crippen molar-refractivity contribution in [1.29, 1.82) is 0 Å². The van der Waals surface area contributed by atoms with Crippen molar-refractivity contribution in [1.82, 2.24) is 20.3 Å². The second-order valence-electron chi connectivity index (χ2n) is 7.55. The first-order valence-corrected chi connectivity index (χ1v) is 12.5. The maximum absolute atomic E-state index is 11.1. The fraction of sp³-hybridized carbons (Fsp3) is 0.650. The van der Waals surface area contributed by atoms with Gasteiger partial charge in [0.1, 0.15) is 0 Å². The normalized spacial score (nSPS) is 21.2. The zero-order valence-corrected chi connectivity index (χ0v) is 19.2. The van der Waals surface area contributed by atoms with Crippen molar-refractivity contribution in [2.75, 3.05) is 46.0 Å². The van der Waals surface area contributed by atoms with Crippen LogP contribution in [-0.4, -0.2) is 65.3 Å². The lowest BCUT2D eigenvalue weighted by molar-refractivity contribution is 0.125. The smallest absolute Gasteiger partial charge is 0.208 e. The molecule has 1 fully saturated rings. The molecule has 164 valence electrons. The number of hydrogen-bond acceptors (Lipinski definition) is 4. The van der Waals surface area contributed by atoms with Gasteiger partial charge in [0, 0.05) is 37.2 Å². The monoisotopic (exact) mass is 443 g/mol. The predicted octanol–water partition coefficient (Wildman–Crippen LogP) is 2.22. The fourth-order valence-corrected chi connectivity index (χ4v) is 4.48. The first kappa shape index (κ1) is 23.9. The Bertz CT molecular complexity index is 772. The number of aliphatic imine (C=N–C) groups is 1. The Labute approximate surface area is 180 Å². The van der Waals surface area contributed by atoms with Gasteiger partial charge in [-0.05, 0) is 63.4 Å². The molecule has 1 aliphatic rings. The summed E-state index contributed by atoms with van der Waals surface area (Å²) in [5.41, 5.74) is 1.24. The molecule has 29 heavy (non-hydrogen) atoms. The van der Waals surface area contributed by atoms with Crippen molar-refractivity contribution in [3.63, 3.8) is 0 Å². The Hall–Kier alpha value is -1.35. The maximum atomic E-state index is 11.1. The first-order chi connectivity index (χ1) is 13.8. The van der Waals surface area contributed by atoms with Crippen LogP contribution in [0, 0.1) is 5.92 Å². The molecule has 0 radical (unpaired) electrons. The number of benzene rings is 1. The molecule has 0 amide bonds. The largest absolute Gasteiger partial charge is 0.357 e. The summed E-state index contributed by atoms with van der Waals surface area (Å²) in [5.74, 6) is 1.18. The standard InChI is InChI=1S/C20H34ClN5O2S/c1-4-22-20(23-11-7-12-25-29(3,27)28)24-15-17-9-6-13-26(2)19(17)16-8-5-10-18(21)14-16/h5,8,10,14,17,19,25H,4,6-7,9,11-13,15H2,1-3H3,(H2,22,23,24). The topological polar surface area (TPSA) is 85.8 Å². The van der Waals surface area contributed by atoms with Gasteiger partial charge in [0.25, 0.3) is 0 Å². The number of nitrogens with one attached hydrogen (secondary N) is 3. The van der Waals surface area contributed by atoms with E-state index in [1.165, 1.54) is 11.8 Å². The van der Waals surface area contributed by atoms with Gasteiger partial charge >= 0.3 is 0 Å². The van der Waals surface area contributed by atoms with Gasteiger partial charge in [-0.3, -0.25) is 9.89 Å². The van der Waals surface area contributed by atoms with Crippen LogP contribution in [-0.2, 0) is 10.0 Å². The van der Waals surface area contributed by atoms with Crippen molar-refractivity contribution in [2.24, 2.45) is 10.9 Å². The molecule has 1 aromatic carbocycles. The fourth-order valence-electron chi connectivity index (χ4n) is 3.77. The summed E-state index contributed by atoms with van der Waals surface area (Å²) in [6, 6.07) is 8.42. The number of nitrogens with zero attached hydrogens (tertiary/aromatic N) is 2. The summed E-state index contributed by atoms with van der Waals surface area (Å²) in [6.45, 7) is 5.66. The van der Waals surface area contributed by atoms with Crippen LogP contribution >= 0.6 is 11.6 Å². The minimum atomic E-state index is -3.14. The van der Waals surface area contributed by atoms with E-state index in [1.54, 1.807) is 0 Å². The third-order valence-electron chi connectivity index (χ3n) is 5.04. The van der Waals surface area contributed by atoms with Crippen molar-refractivity contribution in [3.05, 3.63) is 34.9 Å². The van der Waals surface area contributed by atoms with Gasteiger partial charge in [-0.2, -0.15) is 0 Å². The van der Waals surface area contributed by atoms with Crippen LogP contribution in [0.15, 0.2) is 29.3 Å². The average Bonchev–Trinajstić information content (AvgIpc) is 2.64. The minimum absolute atomic E-state index is 0.299. The van der Waals surface area contributed by atoms with Crippen molar-refractivity contribution < 1.29 is 8.42 Å². The Morgan fingerprint density at radius 2 is 2.10 bits per heavy atom. The number of likely N-dealkylation sites (tertiary alicyclic amines) is 1. The highest BCUT2D eigenvalue weighted by Gasteiger charge is 2.30. The van der Waals surface area contributed by atoms with Crippen LogP contribution in [0.5, 0.6) is 0 Å². The zero-order valence-electron chi connectivity index (χ0n) is 17.6. The number of sulfonamides is 1. The molecule has 7 nitrogen and oxygen atoms in total. The summed E-state index contributed by atoms with van der Waals surface area (Å²) in [7, 11) is -0.972. The van der Waals surface area contributed by atoms with Crippen molar-refractivity contribution >= 4 is 27.6 Å². The maximum Gasteiger partial charge on any atom is 0.208 e. The molecule has 1 aromatic rings. The number of hydrogen-bond donors (Lipinski definition) is 3. The third kappa shape index (κ3) is 8.50. The molecule has 0 bridgehead atoms. The highest BCUT2D eigenvalue weighted by molar-refractivity contribution is 7.88. The van der Waals surface area contributed by atoms with Gasteiger partial charge in [0.05, 0.1) is 6.26 Å². The molecule has 0 spiro atoms. The molecular formula is C20H34ClN5O2S. The molecule has 0 aromatic heterocycles. The highest BCUT2D eigenvalue weighted by Crippen LogP contribution is 2.36. The molecule has 3 N–H and O–H groups in total. The van der Waals surface area contributed by atoms with Crippen LogP contribution in [0.25, 0.3) is 0 Å². The van der Waals surface area contributed by atoms with Gasteiger partial charge in [0.2, 0.25) is 10.0 Å². The Balaban J connectivity index is 1.97. The first-order valence-electron chi connectivity index (χ1n) is 10.2. The van der Waals surface area contributed by atoms with Gasteiger partial charge in [-0.15, -0.1) is 0 Å². The van der Waals surface area contributed by atoms with Crippen molar-refractivity contribution in [2.45, 2.75) is 32.2 Å². The molecule has 9 heteroatoms. The number of guanidine groups is 1. The van der Waals surface area contributed by atoms with Crippen LogP contribution in [0.3, 0.4) is 0 Å². The van der Waals surface area contributed by atoms with Crippen LogP contribution in [0.4, 0.5) is 0 Å². The molecule has 2 rings (SSSR count). The zero-order chi connectivity index (χ0) is 21.3. The van der Waals surface area contributed by atoms with E-state index in [9.17, 15) is 8.42 Å². The summed E-state index contributed by atoms with van der Waals surface area (Å²) in [4.78, 5) is 7.21. The summed E-state index contributed by atoms with van der Waals surface area (Å²) < 4.78 is 24.7. The molecular weight excluding hydrogens is 410 g/mol. The van der Waals surface area contributed by atoms with E-state index in [0.29, 0.717) is 31.5 Å². The quantitative estimate of drug-likeness (QED) is 0.309. The number of rotatable bonds is 9. The summed E-state index contributed by atoms with van der Waals surface area (Å²) in [5, 5.41) is 7.33. The van der Waals surface area contributed by atoms with Crippen molar-refractivity contribution in [3.8, 4) is 0 Å². The summed E-state index contributed by atoms with van der Waals surface area (Å²) in [6.07, 6.45) is 4.15. The minimum Gasteiger partial charge on any atom is -0.357 e. The van der Waals surface area contributed by atoms with E-state index in [4.69, 9.17) is 16.6 Å². The predicted molar refractivity (Wildman–Crippen MR) is 121 cm³/mol. The van der Waals surface area contributed by atoms with Gasteiger partial charge in [-0.1, -0.05) is 23.7 Å². The molecule has 1 aliphatic heterocycles. The Morgan fingerprint density at radius 3 is 2.79 bits per heavy atom. The number of piperidine rings is 1. The molecule has 0 aliphatic carbocycles. The highest BCUT2D eigenvalue weighted by atomic mass is 35.5. The Morgan fingerprint density at radius 1 is 1.31 bits per heavy atom. The van der Waals surface area contributed by atoms with Gasteiger partial charge in [-0.25, -0.2) is 13.1 Å². The lowest BCUT2D eigenvalue weighted by atomic mass is 9.85. The second kappa shape index (κ2) is 11.7. The molecule has 0 saturated carbocycles. The van der Waals surface area contributed by atoms with Crippen LogP contribution in [0.2, 0.25) is 5.02 Å². The van der Waals surface area contributed by atoms with Gasteiger partial charge < -0.3 is 10.6 Å². The van der Waals surface area contributed by atoms with Crippen LogP contribution < -0.4 is 15.4 Å². The summed E-state index contributed by atoms with van der Waals surface area (Å²) >= 11 is 6.23. The van der Waals surface area contributed by atoms with E-state index in [-0.39, 0.29) is 0 Å². The lowest BCUT2D eigenvalue weighted by Crippen LogP contribution is -2.41. The van der Waals surface area contributed by atoms with E-state index < -0.39 is 10.0 Å². The molecule has 1 saturated heterocycles. The molecule has 1 heterocycles. The van der Waals surface area contributed by atoms with Gasteiger partial charge in [0.15, 0.2) is 5.96 Å². The van der Waals surface area contributed by atoms with E-state index in [2.05, 4.69) is 39.4 Å². The average molecular weight is 444 g/mol. The second-order valence-corrected chi connectivity index (χ2v) is 9.82. The van der Waals surface area contributed by atoms with E-state index >= 15 is 0 Å². The molecule has 2 unspecified atom stereocenters. The van der Waals surface area contributed by atoms with Crippen LogP contribution in [0.1, 0.15) is 37.8 Å². The van der Waals surface area contributed by atoms with E-state index in [0.717, 1.165) is 43.5 Å². The SMILES string of the molecule is CCNC(=NCC1CCCN(C)C1c1cccc(Cl)c1)NCCCNS(C)(=O)=O. The third-order valence-corrected chi connectivity index (χ3v) is 6.00. The molecule has 2 atom stereocenters. The van der Waals surface area contributed by atoms with E-state index in [1.807, 2.05) is 19.1 Å². The Kier molecular flexibility index (Phi) is 9.68. The number of halogens is 1.